The number of hydrogen-bond acceptors (Lipinski definition) is 2. The Morgan fingerprint density at radius 2 is 2.00 bits per heavy atom. The summed E-state index contributed by atoms with van der Waals surface area (Å²) in [6.07, 6.45) is 2.49. The monoisotopic (exact) mass is 203 g/mol. The number of carbonyl (C=O) groups excluding carboxylic acids is 1. The molecule has 0 unspecified atom stereocenters. The van der Waals surface area contributed by atoms with E-state index in [1.54, 1.807) is 0 Å². The molecule has 1 amide bonds. The zero-order chi connectivity index (χ0) is 11.1. The predicted molar refractivity (Wildman–Crippen MR) is 58.5 cm³/mol. The van der Waals surface area contributed by atoms with Crippen LogP contribution in [0, 0.1) is 0 Å². The van der Waals surface area contributed by atoms with Crippen LogP contribution in [0.15, 0.2) is 55.8 Å². The van der Waals surface area contributed by atoms with E-state index < -0.39 is 0 Å². The highest BCUT2D eigenvalue weighted by Crippen LogP contribution is 2.03. The van der Waals surface area contributed by atoms with Gasteiger partial charge in [0, 0.05) is 6.20 Å². The van der Waals surface area contributed by atoms with Gasteiger partial charge in [0.15, 0.2) is 0 Å². The Morgan fingerprint density at radius 3 is 2.53 bits per heavy atom. The largest absolute Gasteiger partial charge is 0.273 e. The topological polar surface area (TPSA) is 29.5 Å². The second-order valence-corrected chi connectivity index (χ2v) is 2.81. The molecule has 0 saturated carbocycles. The first-order valence-corrected chi connectivity index (χ1v) is 4.53. The molecule has 0 heterocycles. The van der Waals surface area contributed by atoms with Crippen molar-refractivity contribution in [3.05, 3.63) is 61.3 Å². The van der Waals surface area contributed by atoms with Gasteiger partial charge in [-0.25, -0.2) is 0 Å². The summed E-state index contributed by atoms with van der Waals surface area (Å²) in [6.45, 7) is 7.17. The molecule has 78 valence electrons. The molecule has 3 nitrogen and oxygen atoms in total. The van der Waals surface area contributed by atoms with Crippen molar-refractivity contribution in [1.29, 1.82) is 0 Å². The van der Waals surface area contributed by atoms with Gasteiger partial charge in [0.25, 0.3) is 5.91 Å². The van der Waals surface area contributed by atoms with Crippen LogP contribution in [0.5, 0.6) is 0 Å². The predicted octanol–water partition coefficient (Wildman–Crippen LogP) is 2.28. The Labute approximate surface area is 89.2 Å². The number of hydrogen-bond donors (Lipinski definition) is 0. The third kappa shape index (κ3) is 3.40. The maximum absolute atomic E-state index is 11.2. The van der Waals surface area contributed by atoms with Crippen molar-refractivity contribution in [3.8, 4) is 0 Å². The van der Waals surface area contributed by atoms with Gasteiger partial charge in [-0.2, -0.15) is 5.06 Å². The molecule has 0 aliphatic carbocycles. The van der Waals surface area contributed by atoms with Crippen LogP contribution in [0.4, 0.5) is 0 Å². The van der Waals surface area contributed by atoms with Crippen LogP contribution in [-0.2, 0) is 16.2 Å². The summed E-state index contributed by atoms with van der Waals surface area (Å²) in [6, 6.07) is 9.57. The van der Waals surface area contributed by atoms with E-state index in [0.29, 0.717) is 6.61 Å². The molecule has 0 aliphatic rings. The minimum Gasteiger partial charge on any atom is -0.267 e. The van der Waals surface area contributed by atoms with E-state index in [0.717, 1.165) is 10.6 Å². The molecule has 0 spiro atoms. The van der Waals surface area contributed by atoms with Crippen LogP contribution in [0.2, 0.25) is 0 Å². The van der Waals surface area contributed by atoms with Gasteiger partial charge < -0.3 is 0 Å². The van der Waals surface area contributed by atoms with E-state index >= 15 is 0 Å². The molecular weight excluding hydrogens is 190 g/mol. The maximum Gasteiger partial charge on any atom is 0.273 e. The summed E-state index contributed by atoms with van der Waals surface area (Å²) in [5.41, 5.74) is 0.987. The summed E-state index contributed by atoms with van der Waals surface area (Å²) in [7, 11) is 0. The second kappa shape index (κ2) is 5.78. The van der Waals surface area contributed by atoms with Crippen molar-refractivity contribution in [2.75, 3.05) is 0 Å². The Morgan fingerprint density at radius 1 is 1.33 bits per heavy atom. The SMILES string of the molecule is C=CC(=O)N(C=C)OCc1ccccc1. The lowest BCUT2D eigenvalue weighted by molar-refractivity contribution is -0.168. The highest BCUT2D eigenvalue weighted by Gasteiger charge is 2.06. The van der Waals surface area contributed by atoms with Gasteiger partial charge in [-0.1, -0.05) is 43.5 Å². The van der Waals surface area contributed by atoms with Crippen LogP contribution in [0.1, 0.15) is 5.56 Å². The molecule has 0 N–H and O–H groups in total. The summed E-state index contributed by atoms with van der Waals surface area (Å²) >= 11 is 0. The number of carbonyl (C=O) groups is 1. The van der Waals surface area contributed by atoms with Crippen molar-refractivity contribution in [2.45, 2.75) is 6.61 Å². The van der Waals surface area contributed by atoms with Crippen LogP contribution in [0.25, 0.3) is 0 Å². The van der Waals surface area contributed by atoms with Gasteiger partial charge >= 0.3 is 0 Å². The lowest BCUT2D eigenvalue weighted by Crippen LogP contribution is -2.23. The molecule has 0 aliphatic heterocycles. The summed E-state index contributed by atoms with van der Waals surface area (Å²) in [5.74, 6) is -0.332. The highest BCUT2D eigenvalue weighted by atomic mass is 16.7. The van der Waals surface area contributed by atoms with Gasteiger partial charge in [-0.3, -0.25) is 9.63 Å². The Bertz CT molecular complexity index is 346. The molecule has 0 saturated heterocycles. The van der Waals surface area contributed by atoms with Gasteiger partial charge in [0.05, 0.1) is 0 Å². The fourth-order valence-electron chi connectivity index (χ4n) is 1.01. The summed E-state index contributed by atoms with van der Waals surface area (Å²) < 4.78 is 0. The molecule has 0 atom stereocenters. The molecule has 15 heavy (non-hydrogen) atoms. The fourth-order valence-corrected chi connectivity index (χ4v) is 1.01. The summed E-state index contributed by atoms with van der Waals surface area (Å²) in [4.78, 5) is 16.4. The molecule has 0 radical (unpaired) electrons. The first kappa shape index (κ1) is 11.2. The maximum atomic E-state index is 11.2. The molecule has 3 heteroatoms. The Hall–Kier alpha value is -1.87. The van der Waals surface area contributed by atoms with Crippen LogP contribution in [0.3, 0.4) is 0 Å². The van der Waals surface area contributed by atoms with E-state index in [4.69, 9.17) is 4.84 Å². The van der Waals surface area contributed by atoms with Crippen LogP contribution < -0.4 is 0 Å². The zero-order valence-electron chi connectivity index (χ0n) is 8.43. The Balaban J connectivity index is 2.51. The first-order valence-electron chi connectivity index (χ1n) is 4.53. The van der Waals surface area contributed by atoms with Crippen LogP contribution >= 0.6 is 0 Å². The lowest BCUT2D eigenvalue weighted by atomic mass is 10.2. The molecule has 1 aromatic carbocycles. The highest BCUT2D eigenvalue weighted by molar-refractivity contribution is 5.86. The van der Waals surface area contributed by atoms with E-state index in [1.165, 1.54) is 12.3 Å². The minimum atomic E-state index is -0.332. The number of amides is 1. The zero-order valence-corrected chi connectivity index (χ0v) is 8.43. The van der Waals surface area contributed by atoms with Crippen molar-refractivity contribution < 1.29 is 9.63 Å². The van der Waals surface area contributed by atoms with Crippen molar-refractivity contribution in [1.82, 2.24) is 5.06 Å². The normalized spacial score (nSPS) is 9.33. The first-order chi connectivity index (χ1) is 7.27. The molecule has 0 aromatic heterocycles. The van der Waals surface area contributed by atoms with E-state index in [2.05, 4.69) is 13.2 Å². The number of rotatable bonds is 5. The summed E-state index contributed by atoms with van der Waals surface area (Å²) in [5, 5.41) is 1.06. The van der Waals surface area contributed by atoms with E-state index in [1.807, 2.05) is 30.3 Å². The average molecular weight is 203 g/mol. The smallest absolute Gasteiger partial charge is 0.267 e. The van der Waals surface area contributed by atoms with E-state index in [9.17, 15) is 4.79 Å². The number of hydroxylamine groups is 2. The van der Waals surface area contributed by atoms with Gasteiger partial charge in [0.2, 0.25) is 0 Å². The fraction of sp³-hybridized carbons (Fsp3) is 0.0833. The second-order valence-electron chi connectivity index (χ2n) is 2.81. The Kier molecular flexibility index (Phi) is 4.31. The molecule has 0 fully saturated rings. The lowest BCUT2D eigenvalue weighted by Gasteiger charge is -2.15. The van der Waals surface area contributed by atoms with Gasteiger partial charge in [0.1, 0.15) is 6.61 Å². The quantitative estimate of drug-likeness (QED) is 0.542. The van der Waals surface area contributed by atoms with Crippen molar-refractivity contribution in [3.63, 3.8) is 0 Å². The number of benzene rings is 1. The minimum absolute atomic E-state index is 0.326. The standard InChI is InChI=1S/C12H13NO2/c1-3-12(14)13(4-2)15-10-11-8-6-5-7-9-11/h3-9H,1-2,10H2. The van der Waals surface area contributed by atoms with E-state index in [-0.39, 0.29) is 5.91 Å². The molecular formula is C12H13NO2. The number of nitrogens with zero attached hydrogens (tertiary/aromatic N) is 1. The molecule has 1 aromatic rings. The van der Waals surface area contributed by atoms with Crippen molar-refractivity contribution in [2.24, 2.45) is 0 Å². The third-order valence-corrected chi connectivity index (χ3v) is 1.77. The van der Waals surface area contributed by atoms with Gasteiger partial charge in [-0.05, 0) is 11.6 Å². The van der Waals surface area contributed by atoms with Crippen LogP contribution in [-0.4, -0.2) is 11.0 Å². The molecule has 0 bridgehead atoms. The van der Waals surface area contributed by atoms with Crippen molar-refractivity contribution >= 4 is 5.91 Å². The molecule has 1 rings (SSSR count). The van der Waals surface area contributed by atoms with Gasteiger partial charge in [-0.15, -0.1) is 0 Å². The average Bonchev–Trinajstić information content (AvgIpc) is 2.31. The third-order valence-electron chi connectivity index (χ3n) is 1.77.